The van der Waals surface area contributed by atoms with Gasteiger partial charge >= 0.3 is 0 Å². The molecule has 0 aromatic heterocycles. The van der Waals surface area contributed by atoms with E-state index in [1.54, 1.807) is 22.5 Å². The molecule has 2 aliphatic rings. The van der Waals surface area contributed by atoms with E-state index in [-0.39, 0.29) is 6.04 Å². The first kappa shape index (κ1) is 13.5. The van der Waals surface area contributed by atoms with Gasteiger partial charge < -0.3 is 5.32 Å². The molecule has 104 valence electrons. The monoisotopic (exact) mass is 344 g/mol. The average molecular weight is 345 g/mol. The molecule has 1 N–H and O–H groups in total. The minimum absolute atomic E-state index is 0.123. The van der Waals surface area contributed by atoms with Crippen molar-refractivity contribution < 1.29 is 8.42 Å². The summed E-state index contributed by atoms with van der Waals surface area (Å²) < 4.78 is 28.0. The Balaban J connectivity index is 1.95. The second-order valence-electron chi connectivity index (χ2n) is 5.20. The third-order valence-corrected chi connectivity index (χ3v) is 6.44. The molecule has 2 heterocycles. The second kappa shape index (κ2) is 5.16. The third kappa shape index (κ3) is 2.46. The molecule has 0 spiro atoms. The van der Waals surface area contributed by atoms with Gasteiger partial charge in [-0.25, -0.2) is 8.42 Å². The summed E-state index contributed by atoms with van der Waals surface area (Å²) in [7, 11) is -3.38. The van der Waals surface area contributed by atoms with E-state index in [2.05, 4.69) is 21.2 Å². The van der Waals surface area contributed by atoms with Crippen molar-refractivity contribution in [2.45, 2.75) is 23.8 Å². The van der Waals surface area contributed by atoms with E-state index < -0.39 is 10.0 Å². The molecule has 0 aliphatic carbocycles. The number of sulfonamides is 1. The van der Waals surface area contributed by atoms with Crippen LogP contribution in [0.25, 0.3) is 0 Å². The molecule has 2 saturated heterocycles. The van der Waals surface area contributed by atoms with Gasteiger partial charge in [-0.3, -0.25) is 0 Å². The van der Waals surface area contributed by atoms with Gasteiger partial charge in [0.25, 0.3) is 0 Å². The highest BCUT2D eigenvalue weighted by atomic mass is 79.9. The van der Waals surface area contributed by atoms with Crippen LogP contribution in [0.2, 0.25) is 0 Å². The number of fused-ring (bicyclic) bond motifs is 1. The SMILES string of the molecule is O=S(=O)(c1cccc(Br)c1)N1CCCC2CNCC21. The van der Waals surface area contributed by atoms with E-state index in [0.29, 0.717) is 17.4 Å². The summed E-state index contributed by atoms with van der Waals surface area (Å²) >= 11 is 3.34. The zero-order valence-corrected chi connectivity index (χ0v) is 13.0. The molecule has 1 aromatic rings. The maximum Gasteiger partial charge on any atom is 0.243 e. The molecular formula is C13H17BrN2O2S. The second-order valence-corrected chi connectivity index (χ2v) is 8.01. The number of hydrogen-bond donors (Lipinski definition) is 1. The summed E-state index contributed by atoms with van der Waals surface area (Å²) in [6.07, 6.45) is 2.08. The van der Waals surface area contributed by atoms with Gasteiger partial charge in [0.05, 0.1) is 4.90 Å². The van der Waals surface area contributed by atoms with Gasteiger partial charge in [0.1, 0.15) is 0 Å². The van der Waals surface area contributed by atoms with E-state index in [4.69, 9.17) is 0 Å². The summed E-state index contributed by atoms with van der Waals surface area (Å²) in [5, 5.41) is 3.31. The van der Waals surface area contributed by atoms with E-state index in [1.807, 2.05) is 6.07 Å². The Morgan fingerprint density at radius 1 is 1.32 bits per heavy atom. The number of nitrogens with one attached hydrogen (secondary N) is 1. The quantitative estimate of drug-likeness (QED) is 0.890. The Kier molecular flexibility index (Phi) is 3.68. The maximum atomic E-state index is 12.8. The van der Waals surface area contributed by atoms with Crippen molar-refractivity contribution in [2.24, 2.45) is 5.92 Å². The Hall–Kier alpha value is -0.430. The lowest BCUT2D eigenvalue weighted by molar-refractivity contribution is 0.217. The molecule has 1 aromatic carbocycles. The topological polar surface area (TPSA) is 49.4 Å². The smallest absolute Gasteiger partial charge is 0.243 e. The molecule has 4 nitrogen and oxygen atoms in total. The molecule has 2 fully saturated rings. The summed E-state index contributed by atoms with van der Waals surface area (Å²) in [4.78, 5) is 0.384. The van der Waals surface area contributed by atoms with Crippen molar-refractivity contribution in [1.82, 2.24) is 9.62 Å². The zero-order valence-electron chi connectivity index (χ0n) is 10.5. The van der Waals surface area contributed by atoms with Crippen LogP contribution >= 0.6 is 15.9 Å². The fourth-order valence-corrected chi connectivity index (χ4v) is 5.41. The Bertz CT molecular complexity index is 576. The van der Waals surface area contributed by atoms with Crippen LogP contribution in [0.5, 0.6) is 0 Å². The third-order valence-electron chi connectivity index (χ3n) is 4.03. The number of nitrogens with zero attached hydrogens (tertiary/aromatic N) is 1. The predicted octanol–water partition coefficient (Wildman–Crippen LogP) is 1.82. The summed E-state index contributed by atoms with van der Waals surface area (Å²) in [5.41, 5.74) is 0. The molecule has 19 heavy (non-hydrogen) atoms. The molecule has 0 saturated carbocycles. The van der Waals surface area contributed by atoms with Gasteiger partial charge in [0.15, 0.2) is 0 Å². The van der Waals surface area contributed by atoms with Crippen molar-refractivity contribution in [3.05, 3.63) is 28.7 Å². The highest BCUT2D eigenvalue weighted by molar-refractivity contribution is 9.10. The van der Waals surface area contributed by atoms with Crippen LogP contribution in [0.3, 0.4) is 0 Å². The van der Waals surface area contributed by atoms with Crippen molar-refractivity contribution in [2.75, 3.05) is 19.6 Å². The first-order chi connectivity index (χ1) is 9.09. The van der Waals surface area contributed by atoms with Crippen LogP contribution in [0.15, 0.2) is 33.6 Å². The zero-order chi connectivity index (χ0) is 13.5. The van der Waals surface area contributed by atoms with Crippen LogP contribution in [0, 0.1) is 5.92 Å². The van der Waals surface area contributed by atoms with E-state index >= 15 is 0 Å². The highest BCUT2D eigenvalue weighted by Crippen LogP contribution is 2.31. The number of hydrogen-bond acceptors (Lipinski definition) is 3. The molecule has 3 rings (SSSR count). The maximum absolute atomic E-state index is 12.8. The lowest BCUT2D eigenvalue weighted by atomic mass is 9.94. The van der Waals surface area contributed by atoms with E-state index in [9.17, 15) is 8.42 Å². The minimum atomic E-state index is -3.38. The van der Waals surface area contributed by atoms with Gasteiger partial charge in [0, 0.05) is 23.6 Å². The number of halogens is 1. The lowest BCUT2D eigenvalue weighted by Gasteiger charge is -2.35. The molecule has 2 aliphatic heterocycles. The van der Waals surface area contributed by atoms with Crippen molar-refractivity contribution in [3.8, 4) is 0 Å². The summed E-state index contributed by atoms with van der Waals surface area (Å²) in [6, 6.07) is 7.09. The van der Waals surface area contributed by atoms with Crippen molar-refractivity contribution in [1.29, 1.82) is 0 Å². The minimum Gasteiger partial charge on any atom is -0.315 e. The molecular weight excluding hydrogens is 328 g/mol. The first-order valence-corrected chi connectivity index (χ1v) is 8.80. The normalized spacial score (nSPS) is 28.3. The van der Waals surface area contributed by atoms with E-state index in [0.717, 1.165) is 30.4 Å². The van der Waals surface area contributed by atoms with Crippen LogP contribution < -0.4 is 5.32 Å². The number of rotatable bonds is 2. The molecule has 0 amide bonds. The van der Waals surface area contributed by atoms with Gasteiger partial charge in [0.2, 0.25) is 10.0 Å². The van der Waals surface area contributed by atoms with Crippen LogP contribution in [0.1, 0.15) is 12.8 Å². The van der Waals surface area contributed by atoms with Crippen molar-refractivity contribution in [3.63, 3.8) is 0 Å². The van der Waals surface area contributed by atoms with Crippen LogP contribution in [-0.2, 0) is 10.0 Å². The predicted molar refractivity (Wildman–Crippen MR) is 77.4 cm³/mol. The molecule has 6 heteroatoms. The number of benzene rings is 1. The average Bonchev–Trinajstić information content (AvgIpc) is 2.86. The summed E-state index contributed by atoms with van der Waals surface area (Å²) in [6.45, 7) is 2.35. The summed E-state index contributed by atoms with van der Waals surface area (Å²) in [5.74, 6) is 0.468. The fraction of sp³-hybridized carbons (Fsp3) is 0.538. The Morgan fingerprint density at radius 2 is 2.16 bits per heavy atom. The Labute approximate surface area is 122 Å². The van der Waals surface area contributed by atoms with Crippen molar-refractivity contribution >= 4 is 26.0 Å². The standard InChI is InChI=1S/C13H17BrN2O2S/c14-11-4-1-5-12(7-11)19(17,18)16-6-2-3-10-8-15-9-13(10)16/h1,4-5,7,10,13,15H,2-3,6,8-9H2. The number of piperidine rings is 1. The first-order valence-electron chi connectivity index (χ1n) is 6.57. The molecule has 2 unspecified atom stereocenters. The van der Waals surface area contributed by atoms with Crippen LogP contribution in [0.4, 0.5) is 0 Å². The molecule has 2 atom stereocenters. The lowest BCUT2D eigenvalue weighted by Crippen LogP contribution is -2.48. The van der Waals surface area contributed by atoms with Gasteiger partial charge in [-0.05, 0) is 43.5 Å². The van der Waals surface area contributed by atoms with Crippen LogP contribution in [-0.4, -0.2) is 38.4 Å². The van der Waals surface area contributed by atoms with Gasteiger partial charge in [-0.2, -0.15) is 4.31 Å². The largest absolute Gasteiger partial charge is 0.315 e. The fourth-order valence-electron chi connectivity index (χ4n) is 3.09. The Morgan fingerprint density at radius 3 is 2.95 bits per heavy atom. The molecule has 0 radical (unpaired) electrons. The van der Waals surface area contributed by atoms with Gasteiger partial charge in [-0.15, -0.1) is 0 Å². The van der Waals surface area contributed by atoms with E-state index in [1.165, 1.54) is 0 Å². The van der Waals surface area contributed by atoms with Gasteiger partial charge in [-0.1, -0.05) is 22.0 Å². The molecule has 0 bridgehead atoms. The highest BCUT2D eigenvalue weighted by Gasteiger charge is 2.41.